The summed E-state index contributed by atoms with van der Waals surface area (Å²) in [4.78, 5) is 14.5. The Labute approximate surface area is 111 Å². The summed E-state index contributed by atoms with van der Waals surface area (Å²) < 4.78 is 10.8. The van der Waals surface area contributed by atoms with E-state index in [0.29, 0.717) is 17.1 Å². The number of carbonyl (C=O) groups is 1. The second kappa shape index (κ2) is 4.97. The molecule has 2 aliphatic heterocycles. The van der Waals surface area contributed by atoms with Crippen molar-refractivity contribution < 1.29 is 13.9 Å². The Morgan fingerprint density at radius 2 is 2.44 bits per heavy atom. The van der Waals surface area contributed by atoms with Crippen LogP contribution in [0.1, 0.15) is 22.5 Å². The Balaban J connectivity index is 1.82. The number of aryl methyl sites for hydroxylation is 1. The van der Waals surface area contributed by atoms with Crippen LogP contribution in [0.5, 0.6) is 0 Å². The van der Waals surface area contributed by atoms with Gasteiger partial charge in [-0.15, -0.1) is 0 Å². The standard InChI is InChI=1S/C13H17NO3S/c1-9-2-6-17-12(9)13(15)14-4-7-18-11-8-16-5-3-10(11)14/h2,6,10-11H,3-5,7-8H2,1H3. The summed E-state index contributed by atoms with van der Waals surface area (Å²) in [5.74, 6) is 1.51. The maximum absolute atomic E-state index is 12.5. The fourth-order valence-corrected chi connectivity index (χ4v) is 3.96. The third-order valence-corrected chi connectivity index (χ3v) is 4.95. The van der Waals surface area contributed by atoms with Crippen molar-refractivity contribution in [2.75, 3.05) is 25.5 Å². The van der Waals surface area contributed by atoms with E-state index in [2.05, 4.69) is 0 Å². The van der Waals surface area contributed by atoms with Crippen molar-refractivity contribution in [3.05, 3.63) is 23.7 Å². The fourth-order valence-electron chi connectivity index (χ4n) is 2.66. The molecule has 18 heavy (non-hydrogen) atoms. The molecule has 5 heteroatoms. The van der Waals surface area contributed by atoms with Crippen LogP contribution in [0.4, 0.5) is 0 Å². The Morgan fingerprint density at radius 3 is 3.22 bits per heavy atom. The quantitative estimate of drug-likeness (QED) is 0.780. The molecule has 2 fully saturated rings. The number of ether oxygens (including phenoxy) is 1. The Bertz CT molecular complexity index is 443. The minimum Gasteiger partial charge on any atom is -0.459 e. The molecule has 0 bridgehead atoms. The molecule has 0 aromatic carbocycles. The van der Waals surface area contributed by atoms with Crippen molar-refractivity contribution in [1.82, 2.24) is 4.90 Å². The zero-order valence-corrected chi connectivity index (χ0v) is 11.2. The van der Waals surface area contributed by atoms with E-state index >= 15 is 0 Å². The molecule has 0 saturated carbocycles. The Morgan fingerprint density at radius 1 is 1.56 bits per heavy atom. The maximum atomic E-state index is 12.5. The van der Waals surface area contributed by atoms with E-state index in [9.17, 15) is 4.79 Å². The third-order valence-electron chi connectivity index (χ3n) is 3.65. The Kier molecular flexibility index (Phi) is 3.35. The SMILES string of the molecule is Cc1ccoc1C(=O)N1CCSC2COCCC21. The first-order valence-electron chi connectivity index (χ1n) is 6.32. The highest BCUT2D eigenvalue weighted by atomic mass is 32.2. The first-order chi connectivity index (χ1) is 8.77. The van der Waals surface area contributed by atoms with E-state index in [1.165, 1.54) is 0 Å². The lowest BCUT2D eigenvalue weighted by molar-refractivity contribution is 0.0300. The number of amides is 1. The number of thioether (sulfide) groups is 1. The van der Waals surface area contributed by atoms with Crippen LogP contribution in [0.15, 0.2) is 16.7 Å². The van der Waals surface area contributed by atoms with Gasteiger partial charge in [-0.05, 0) is 19.4 Å². The van der Waals surface area contributed by atoms with Crippen molar-refractivity contribution in [2.45, 2.75) is 24.6 Å². The summed E-state index contributed by atoms with van der Waals surface area (Å²) in [6.45, 7) is 4.24. The summed E-state index contributed by atoms with van der Waals surface area (Å²) in [6.07, 6.45) is 2.52. The van der Waals surface area contributed by atoms with Gasteiger partial charge in [0.05, 0.1) is 12.9 Å². The molecule has 1 amide bonds. The molecular formula is C13H17NO3S. The van der Waals surface area contributed by atoms with Crippen molar-refractivity contribution >= 4 is 17.7 Å². The number of fused-ring (bicyclic) bond motifs is 1. The Hall–Kier alpha value is -0.940. The van der Waals surface area contributed by atoms with Crippen molar-refractivity contribution in [2.24, 2.45) is 0 Å². The number of hydrogen-bond donors (Lipinski definition) is 0. The van der Waals surface area contributed by atoms with Crippen molar-refractivity contribution in [3.63, 3.8) is 0 Å². The molecule has 3 heterocycles. The molecule has 2 atom stereocenters. The first-order valence-corrected chi connectivity index (χ1v) is 7.36. The molecule has 98 valence electrons. The van der Waals surface area contributed by atoms with Crippen LogP contribution in [0.25, 0.3) is 0 Å². The van der Waals surface area contributed by atoms with Gasteiger partial charge in [-0.25, -0.2) is 0 Å². The molecule has 2 unspecified atom stereocenters. The first kappa shape index (κ1) is 12.1. The second-order valence-corrected chi connectivity index (χ2v) is 6.12. The smallest absolute Gasteiger partial charge is 0.290 e. The molecular weight excluding hydrogens is 250 g/mol. The van der Waals surface area contributed by atoms with Gasteiger partial charge in [-0.3, -0.25) is 4.79 Å². The fraction of sp³-hybridized carbons (Fsp3) is 0.615. The van der Waals surface area contributed by atoms with Gasteiger partial charge >= 0.3 is 0 Å². The van der Waals surface area contributed by atoms with E-state index in [1.54, 1.807) is 6.26 Å². The van der Waals surface area contributed by atoms with Gasteiger partial charge in [0.2, 0.25) is 0 Å². The minimum absolute atomic E-state index is 0.0368. The van der Waals surface area contributed by atoms with Crippen molar-refractivity contribution in [3.8, 4) is 0 Å². The van der Waals surface area contributed by atoms with Gasteiger partial charge in [0.25, 0.3) is 5.91 Å². The van der Waals surface area contributed by atoms with Gasteiger partial charge in [-0.2, -0.15) is 11.8 Å². The zero-order valence-electron chi connectivity index (χ0n) is 10.4. The van der Waals surface area contributed by atoms with Crippen LogP contribution < -0.4 is 0 Å². The monoisotopic (exact) mass is 267 g/mol. The molecule has 2 aliphatic rings. The average molecular weight is 267 g/mol. The number of nitrogens with zero attached hydrogens (tertiary/aromatic N) is 1. The second-order valence-electron chi connectivity index (χ2n) is 4.77. The molecule has 3 rings (SSSR count). The molecule has 0 aliphatic carbocycles. The van der Waals surface area contributed by atoms with E-state index in [-0.39, 0.29) is 5.91 Å². The van der Waals surface area contributed by atoms with Crippen LogP contribution in [0, 0.1) is 6.92 Å². The van der Waals surface area contributed by atoms with Crippen LogP contribution in [-0.2, 0) is 4.74 Å². The predicted molar refractivity (Wildman–Crippen MR) is 70.0 cm³/mol. The van der Waals surface area contributed by atoms with E-state index in [0.717, 1.165) is 37.5 Å². The highest BCUT2D eigenvalue weighted by Crippen LogP contribution is 2.31. The lowest BCUT2D eigenvalue weighted by Crippen LogP contribution is -2.54. The maximum Gasteiger partial charge on any atom is 0.290 e. The lowest BCUT2D eigenvalue weighted by atomic mass is 10.1. The molecule has 1 aromatic heterocycles. The highest BCUT2D eigenvalue weighted by molar-refractivity contribution is 8.00. The normalized spacial score (nSPS) is 27.9. The summed E-state index contributed by atoms with van der Waals surface area (Å²) in [6, 6.07) is 2.14. The van der Waals surface area contributed by atoms with Gasteiger partial charge < -0.3 is 14.1 Å². The predicted octanol–water partition coefficient (Wildman–Crippen LogP) is 1.93. The molecule has 2 saturated heterocycles. The summed E-state index contributed by atoms with van der Waals surface area (Å²) in [7, 11) is 0. The largest absolute Gasteiger partial charge is 0.459 e. The van der Waals surface area contributed by atoms with E-state index in [1.807, 2.05) is 29.7 Å². The van der Waals surface area contributed by atoms with Gasteiger partial charge in [0.1, 0.15) is 0 Å². The zero-order chi connectivity index (χ0) is 12.5. The van der Waals surface area contributed by atoms with Crippen LogP contribution in [0.2, 0.25) is 0 Å². The number of rotatable bonds is 1. The highest BCUT2D eigenvalue weighted by Gasteiger charge is 2.38. The number of hydrogen-bond acceptors (Lipinski definition) is 4. The molecule has 4 nitrogen and oxygen atoms in total. The van der Waals surface area contributed by atoms with Gasteiger partial charge in [0, 0.05) is 35.8 Å². The number of furan rings is 1. The van der Waals surface area contributed by atoms with Crippen LogP contribution in [0.3, 0.4) is 0 Å². The van der Waals surface area contributed by atoms with Gasteiger partial charge in [0.15, 0.2) is 5.76 Å². The summed E-state index contributed by atoms with van der Waals surface area (Å²) in [5.41, 5.74) is 0.918. The summed E-state index contributed by atoms with van der Waals surface area (Å²) >= 11 is 1.92. The number of carbonyl (C=O) groups excluding carboxylic acids is 1. The molecule has 0 radical (unpaired) electrons. The molecule has 1 aromatic rings. The average Bonchev–Trinajstić information content (AvgIpc) is 2.83. The lowest BCUT2D eigenvalue weighted by Gasteiger charge is -2.43. The van der Waals surface area contributed by atoms with Crippen molar-refractivity contribution in [1.29, 1.82) is 0 Å². The van der Waals surface area contributed by atoms with Gasteiger partial charge in [-0.1, -0.05) is 0 Å². The van der Waals surface area contributed by atoms with E-state index in [4.69, 9.17) is 9.15 Å². The van der Waals surface area contributed by atoms with Crippen LogP contribution >= 0.6 is 11.8 Å². The topological polar surface area (TPSA) is 42.7 Å². The minimum atomic E-state index is 0.0368. The third kappa shape index (κ3) is 2.06. The molecule has 0 N–H and O–H groups in total. The van der Waals surface area contributed by atoms with E-state index < -0.39 is 0 Å². The summed E-state index contributed by atoms with van der Waals surface area (Å²) in [5, 5.41) is 0.423. The molecule has 0 spiro atoms. The van der Waals surface area contributed by atoms with Crippen LogP contribution in [-0.4, -0.2) is 47.6 Å².